The van der Waals surface area contributed by atoms with Crippen LogP contribution < -0.4 is 15.4 Å². The fourth-order valence-electron chi connectivity index (χ4n) is 2.41. The minimum atomic E-state index is 0.474. The van der Waals surface area contributed by atoms with Crippen molar-refractivity contribution in [1.29, 1.82) is 0 Å². The molecule has 0 aliphatic carbocycles. The molecule has 2 rings (SSSR count). The number of hydrogen-bond donors (Lipinski definition) is 2. The predicted octanol–water partition coefficient (Wildman–Crippen LogP) is 2.67. The molecule has 0 amide bonds. The van der Waals surface area contributed by atoms with E-state index in [1.54, 1.807) is 13.3 Å². The molecule has 6 nitrogen and oxygen atoms in total. The first-order valence-electron chi connectivity index (χ1n) is 8.86. The summed E-state index contributed by atoms with van der Waals surface area (Å²) >= 11 is 0. The van der Waals surface area contributed by atoms with Gasteiger partial charge in [-0.05, 0) is 25.5 Å². The van der Waals surface area contributed by atoms with Gasteiger partial charge in [-0.15, -0.1) is 0 Å². The second kappa shape index (κ2) is 11.1. The van der Waals surface area contributed by atoms with E-state index < -0.39 is 0 Å². The molecule has 0 atom stereocenters. The number of aliphatic imine (C=N–C) groups is 1. The van der Waals surface area contributed by atoms with Crippen LogP contribution in [0.2, 0.25) is 0 Å². The zero-order valence-corrected chi connectivity index (χ0v) is 15.8. The summed E-state index contributed by atoms with van der Waals surface area (Å²) < 4.78 is 10.7. The molecule has 0 fully saturated rings. The molecule has 26 heavy (non-hydrogen) atoms. The van der Waals surface area contributed by atoms with Crippen LogP contribution in [0.5, 0.6) is 5.88 Å². The monoisotopic (exact) mass is 356 g/mol. The number of hydrogen-bond acceptors (Lipinski definition) is 4. The van der Waals surface area contributed by atoms with Crippen molar-refractivity contribution in [2.45, 2.75) is 26.9 Å². The second-order valence-corrected chi connectivity index (χ2v) is 5.85. The van der Waals surface area contributed by atoms with Gasteiger partial charge in [-0.25, -0.2) is 9.98 Å². The van der Waals surface area contributed by atoms with Gasteiger partial charge in [0.25, 0.3) is 0 Å². The highest BCUT2D eigenvalue weighted by molar-refractivity contribution is 5.79. The molecule has 6 heteroatoms. The van der Waals surface area contributed by atoms with E-state index in [-0.39, 0.29) is 0 Å². The molecule has 0 aliphatic heterocycles. The van der Waals surface area contributed by atoms with E-state index in [2.05, 4.69) is 51.8 Å². The SMILES string of the molecule is CCNC(=NCc1cccc(C)c1)NCc1cccnc1OCCOC. The third-order valence-electron chi connectivity index (χ3n) is 3.67. The molecule has 0 bridgehead atoms. The van der Waals surface area contributed by atoms with Crippen molar-refractivity contribution in [3.63, 3.8) is 0 Å². The first-order chi connectivity index (χ1) is 12.7. The molecule has 140 valence electrons. The maximum absolute atomic E-state index is 5.68. The summed E-state index contributed by atoms with van der Waals surface area (Å²) in [5.41, 5.74) is 3.40. The lowest BCUT2D eigenvalue weighted by Gasteiger charge is -2.14. The summed E-state index contributed by atoms with van der Waals surface area (Å²) in [4.78, 5) is 8.96. The third-order valence-corrected chi connectivity index (χ3v) is 3.67. The van der Waals surface area contributed by atoms with E-state index in [0.29, 0.717) is 32.2 Å². The fraction of sp³-hybridized carbons (Fsp3) is 0.400. The normalized spacial score (nSPS) is 11.3. The summed E-state index contributed by atoms with van der Waals surface area (Å²) in [6, 6.07) is 12.3. The lowest BCUT2D eigenvalue weighted by molar-refractivity contribution is 0.143. The van der Waals surface area contributed by atoms with E-state index in [1.807, 2.05) is 19.1 Å². The third kappa shape index (κ3) is 6.72. The maximum atomic E-state index is 5.68. The van der Waals surface area contributed by atoms with Crippen molar-refractivity contribution in [3.8, 4) is 5.88 Å². The number of aryl methyl sites for hydroxylation is 1. The number of pyridine rings is 1. The van der Waals surface area contributed by atoms with Gasteiger partial charge in [0, 0.05) is 32.0 Å². The summed E-state index contributed by atoms with van der Waals surface area (Å²) in [5.74, 6) is 1.38. The summed E-state index contributed by atoms with van der Waals surface area (Å²) in [6.07, 6.45) is 1.72. The summed E-state index contributed by atoms with van der Waals surface area (Å²) in [5, 5.41) is 6.61. The number of guanidine groups is 1. The highest BCUT2D eigenvalue weighted by atomic mass is 16.5. The topological polar surface area (TPSA) is 67.8 Å². The first kappa shape index (κ1) is 19.7. The second-order valence-electron chi connectivity index (χ2n) is 5.85. The van der Waals surface area contributed by atoms with Crippen LogP contribution in [0.3, 0.4) is 0 Å². The van der Waals surface area contributed by atoms with Crippen molar-refractivity contribution < 1.29 is 9.47 Å². The van der Waals surface area contributed by atoms with Crippen molar-refractivity contribution >= 4 is 5.96 Å². The Morgan fingerprint density at radius 1 is 1.15 bits per heavy atom. The molecule has 0 saturated heterocycles. The molecule has 1 aromatic carbocycles. The van der Waals surface area contributed by atoms with Gasteiger partial charge in [-0.2, -0.15) is 0 Å². The van der Waals surface area contributed by atoms with Gasteiger partial charge in [-0.1, -0.05) is 35.9 Å². The van der Waals surface area contributed by atoms with Crippen LogP contribution in [0.15, 0.2) is 47.6 Å². The molecular weight excluding hydrogens is 328 g/mol. The van der Waals surface area contributed by atoms with Crippen LogP contribution in [0.25, 0.3) is 0 Å². The van der Waals surface area contributed by atoms with Gasteiger partial charge < -0.3 is 20.1 Å². The van der Waals surface area contributed by atoms with Gasteiger partial charge in [0.2, 0.25) is 5.88 Å². The molecule has 2 N–H and O–H groups in total. The fourth-order valence-corrected chi connectivity index (χ4v) is 2.41. The standard InChI is InChI=1S/C20H28N4O2/c1-4-21-20(23-14-17-8-5-7-16(2)13-17)24-15-18-9-6-10-22-19(18)26-12-11-25-3/h5-10,13H,4,11-12,14-15H2,1-3H3,(H2,21,23,24). The number of rotatable bonds is 9. The largest absolute Gasteiger partial charge is 0.475 e. The quantitative estimate of drug-likeness (QED) is 0.411. The van der Waals surface area contributed by atoms with Crippen LogP contribution in [-0.2, 0) is 17.8 Å². The maximum Gasteiger partial charge on any atom is 0.218 e. The molecule has 1 heterocycles. The Hall–Kier alpha value is -2.60. The smallest absolute Gasteiger partial charge is 0.218 e. The van der Waals surface area contributed by atoms with Gasteiger partial charge in [0.05, 0.1) is 13.2 Å². The minimum absolute atomic E-state index is 0.474. The Bertz CT molecular complexity index is 704. The Kier molecular flexibility index (Phi) is 8.42. The van der Waals surface area contributed by atoms with Crippen LogP contribution in [-0.4, -0.2) is 37.8 Å². The Labute approximate surface area is 155 Å². The molecule has 0 spiro atoms. The van der Waals surface area contributed by atoms with Gasteiger partial charge in [0.1, 0.15) is 6.61 Å². The lowest BCUT2D eigenvalue weighted by atomic mass is 10.1. The molecule has 0 saturated carbocycles. The summed E-state index contributed by atoms with van der Waals surface area (Å²) in [6.45, 7) is 7.14. The molecule has 0 aliphatic rings. The van der Waals surface area contributed by atoms with Crippen molar-refractivity contribution in [1.82, 2.24) is 15.6 Å². The van der Waals surface area contributed by atoms with Gasteiger partial charge in [0.15, 0.2) is 5.96 Å². The molecule has 1 aromatic heterocycles. The van der Waals surface area contributed by atoms with Crippen molar-refractivity contribution in [3.05, 3.63) is 59.3 Å². The van der Waals surface area contributed by atoms with E-state index in [9.17, 15) is 0 Å². The number of aromatic nitrogens is 1. The molecule has 0 unspecified atom stereocenters. The van der Waals surface area contributed by atoms with E-state index in [4.69, 9.17) is 9.47 Å². The molecule has 0 radical (unpaired) electrons. The minimum Gasteiger partial charge on any atom is -0.475 e. The number of nitrogens with zero attached hydrogens (tertiary/aromatic N) is 2. The molecule has 2 aromatic rings. The van der Waals surface area contributed by atoms with E-state index in [0.717, 1.165) is 18.1 Å². The highest BCUT2D eigenvalue weighted by Gasteiger charge is 2.06. The van der Waals surface area contributed by atoms with E-state index >= 15 is 0 Å². The number of methoxy groups -OCH3 is 1. The number of benzene rings is 1. The molecular formula is C20H28N4O2. The predicted molar refractivity (Wildman–Crippen MR) is 104 cm³/mol. The Balaban J connectivity index is 1.98. The van der Waals surface area contributed by atoms with Crippen LogP contribution >= 0.6 is 0 Å². The average Bonchev–Trinajstić information content (AvgIpc) is 2.65. The zero-order valence-electron chi connectivity index (χ0n) is 15.8. The zero-order chi connectivity index (χ0) is 18.6. The van der Waals surface area contributed by atoms with Crippen LogP contribution in [0.1, 0.15) is 23.6 Å². The lowest BCUT2D eigenvalue weighted by Crippen LogP contribution is -2.36. The van der Waals surface area contributed by atoms with Crippen LogP contribution in [0.4, 0.5) is 0 Å². The van der Waals surface area contributed by atoms with Gasteiger partial charge in [-0.3, -0.25) is 0 Å². The van der Waals surface area contributed by atoms with E-state index in [1.165, 1.54) is 11.1 Å². The van der Waals surface area contributed by atoms with Crippen LogP contribution in [0, 0.1) is 6.92 Å². The first-order valence-corrected chi connectivity index (χ1v) is 8.86. The Morgan fingerprint density at radius 3 is 2.81 bits per heavy atom. The van der Waals surface area contributed by atoms with Crippen molar-refractivity contribution in [2.24, 2.45) is 4.99 Å². The average molecular weight is 356 g/mol. The Morgan fingerprint density at radius 2 is 2.04 bits per heavy atom. The number of nitrogens with one attached hydrogen (secondary N) is 2. The van der Waals surface area contributed by atoms with Crippen molar-refractivity contribution in [2.75, 3.05) is 26.9 Å². The summed E-state index contributed by atoms with van der Waals surface area (Å²) in [7, 11) is 1.65. The van der Waals surface area contributed by atoms with Gasteiger partial charge >= 0.3 is 0 Å². The number of ether oxygens (including phenoxy) is 2. The highest BCUT2D eigenvalue weighted by Crippen LogP contribution is 2.13.